The summed E-state index contributed by atoms with van der Waals surface area (Å²) in [5, 5.41) is 8.87. The number of halogens is 1. The molecule has 2 aromatic rings. The van der Waals surface area contributed by atoms with Crippen molar-refractivity contribution in [3.63, 3.8) is 0 Å². The average Bonchev–Trinajstić information content (AvgIpc) is 2.32. The topological polar surface area (TPSA) is 72.5 Å². The Balaban J connectivity index is 2.29. The molecule has 0 saturated carbocycles. The number of hydrogen-bond acceptors (Lipinski definition) is 3. The molecule has 2 aromatic carbocycles. The molecule has 0 fully saturated rings. The summed E-state index contributed by atoms with van der Waals surface area (Å²) in [5.41, 5.74) is 5.91. The number of ether oxygens (including phenoxy) is 1. The van der Waals surface area contributed by atoms with Crippen molar-refractivity contribution < 1.29 is 14.6 Å². The van der Waals surface area contributed by atoms with Crippen molar-refractivity contribution in [2.24, 2.45) is 0 Å². The minimum absolute atomic E-state index is 0.0742. The number of anilines is 1. The van der Waals surface area contributed by atoms with Crippen molar-refractivity contribution in [3.05, 3.63) is 51.6 Å². The highest BCUT2D eigenvalue weighted by atomic mass is 127. The lowest BCUT2D eigenvalue weighted by Gasteiger charge is -2.09. The smallest absolute Gasteiger partial charge is 0.337 e. The summed E-state index contributed by atoms with van der Waals surface area (Å²) in [4.78, 5) is 10.8. The van der Waals surface area contributed by atoms with E-state index in [1.54, 1.807) is 6.07 Å². The van der Waals surface area contributed by atoms with Gasteiger partial charge in [0.25, 0.3) is 0 Å². The summed E-state index contributed by atoms with van der Waals surface area (Å²) in [6, 6.07) is 12.1. The number of hydrogen-bond donors (Lipinski definition) is 2. The Morgan fingerprint density at radius 2 is 1.94 bits per heavy atom. The quantitative estimate of drug-likeness (QED) is 0.654. The van der Waals surface area contributed by atoms with Crippen molar-refractivity contribution >= 4 is 34.2 Å². The minimum atomic E-state index is -1.05. The fraction of sp³-hybridized carbons (Fsp3) is 0. The van der Waals surface area contributed by atoms with Crippen molar-refractivity contribution in [2.45, 2.75) is 0 Å². The van der Waals surface area contributed by atoms with E-state index in [1.807, 2.05) is 24.3 Å². The summed E-state index contributed by atoms with van der Waals surface area (Å²) in [6.45, 7) is 0. The van der Waals surface area contributed by atoms with E-state index in [2.05, 4.69) is 22.6 Å². The molecular formula is C13H10INO3. The second-order valence-corrected chi connectivity index (χ2v) is 4.75. The second kappa shape index (κ2) is 5.26. The molecule has 0 amide bonds. The van der Waals surface area contributed by atoms with E-state index in [4.69, 9.17) is 15.6 Å². The molecule has 2 rings (SSSR count). The fourth-order valence-corrected chi connectivity index (χ4v) is 1.95. The summed E-state index contributed by atoms with van der Waals surface area (Å²) in [6.07, 6.45) is 0. The largest absolute Gasteiger partial charge is 0.478 e. The Labute approximate surface area is 118 Å². The van der Waals surface area contributed by atoms with Crippen LogP contribution in [-0.2, 0) is 0 Å². The highest BCUT2D eigenvalue weighted by molar-refractivity contribution is 14.1. The van der Waals surface area contributed by atoms with Crippen LogP contribution in [0.1, 0.15) is 10.4 Å². The average molecular weight is 355 g/mol. The van der Waals surface area contributed by atoms with Crippen molar-refractivity contribution in [1.82, 2.24) is 0 Å². The van der Waals surface area contributed by atoms with Crippen LogP contribution in [0, 0.1) is 3.57 Å². The van der Waals surface area contributed by atoms with Crippen LogP contribution in [0.3, 0.4) is 0 Å². The van der Waals surface area contributed by atoms with Gasteiger partial charge >= 0.3 is 5.97 Å². The standard InChI is InChI=1S/C13H10INO3/c14-10-3-1-2-4-12(10)18-8-5-6-9(13(16)17)11(15)7-8/h1-7H,15H2,(H,16,17). The van der Waals surface area contributed by atoms with E-state index < -0.39 is 5.97 Å². The van der Waals surface area contributed by atoms with Crippen molar-refractivity contribution in [1.29, 1.82) is 0 Å². The molecule has 0 heterocycles. The number of rotatable bonds is 3. The van der Waals surface area contributed by atoms with Crippen LogP contribution in [0.15, 0.2) is 42.5 Å². The van der Waals surface area contributed by atoms with E-state index >= 15 is 0 Å². The van der Waals surface area contributed by atoms with Crippen LogP contribution in [0.5, 0.6) is 11.5 Å². The molecule has 0 aromatic heterocycles. The molecule has 0 unspecified atom stereocenters. The molecule has 3 N–H and O–H groups in total. The minimum Gasteiger partial charge on any atom is -0.478 e. The first-order chi connectivity index (χ1) is 8.58. The number of carbonyl (C=O) groups is 1. The van der Waals surface area contributed by atoms with Gasteiger partial charge in [0, 0.05) is 11.8 Å². The third-order valence-electron chi connectivity index (χ3n) is 2.32. The normalized spacial score (nSPS) is 10.1. The summed E-state index contributed by atoms with van der Waals surface area (Å²) in [7, 11) is 0. The third kappa shape index (κ3) is 2.73. The van der Waals surface area contributed by atoms with Crippen LogP contribution < -0.4 is 10.5 Å². The van der Waals surface area contributed by atoms with E-state index in [-0.39, 0.29) is 11.3 Å². The number of carboxylic acid groups (broad SMARTS) is 1. The first-order valence-corrected chi connectivity index (χ1v) is 6.21. The van der Waals surface area contributed by atoms with Crippen molar-refractivity contribution in [2.75, 3.05) is 5.73 Å². The molecule has 0 aliphatic rings. The van der Waals surface area contributed by atoms with E-state index in [9.17, 15) is 4.79 Å². The molecule has 0 bridgehead atoms. The SMILES string of the molecule is Nc1cc(Oc2ccccc2I)ccc1C(=O)O. The summed E-state index contributed by atoms with van der Waals surface area (Å²) in [5.74, 6) is 0.176. The third-order valence-corrected chi connectivity index (χ3v) is 3.21. The summed E-state index contributed by atoms with van der Waals surface area (Å²) >= 11 is 2.16. The molecular weight excluding hydrogens is 345 g/mol. The Kier molecular flexibility index (Phi) is 3.71. The lowest BCUT2D eigenvalue weighted by Crippen LogP contribution is -2.02. The molecule has 18 heavy (non-hydrogen) atoms. The molecule has 0 aliphatic carbocycles. The van der Waals surface area contributed by atoms with Crippen LogP contribution in [0.25, 0.3) is 0 Å². The van der Waals surface area contributed by atoms with Gasteiger partial charge in [0.15, 0.2) is 0 Å². The summed E-state index contributed by atoms with van der Waals surface area (Å²) < 4.78 is 6.61. The van der Waals surface area contributed by atoms with E-state index in [0.717, 1.165) is 3.57 Å². The number of aromatic carboxylic acids is 1. The van der Waals surface area contributed by atoms with Crippen LogP contribution in [0.2, 0.25) is 0 Å². The van der Waals surface area contributed by atoms with Gasteiger partial charge in [-0.3, -0.25) is 0 Å². The van der Waals surface area contributed by atoms with Crippen molar-refractivity contribution in [3.8, 4) is 11.5 Å². The first-order valence-electron chi connectivity index (χ1n) is 5.13. The molecule has 0 saturated heterocycles. The monoisotopic (exact) mass is 355 g/mol. The Morgan fingerprint density at radius 1 is 1.22 bits per heavy atom. The van der Waals surface area contributed by atoms with Crippen LogP contribution >= 0.6 is 22.6 Å². The molecule has 0 aliphatic heterocycles. The van der Waals surface area contributed by atoms with Crippen LogP contribution in [-0.4, -0.2) is 11.1 Å². The maximum absolute atomic E-state index is 10.8. The van der Waals surface area contributed by atoms with Gasteiger partial charge in [-0.15, -0.1) is 0 Å². The molecule has 92 valence electrons. The molecule has 5 heteroatoms. The second-order valence-electron chi connectivity index (χ2n) is 3.59. The van der Waals surface area contributed by atoms with E-state index in [1.165, 1.54) is 12.1 Å². The molecule has 4 nitrogen and oxygen atoms in total. The maximum Gasteiger partial charge on any atom is 0.337 e. The predicted molar refractivity (Wildman–Crippen MR) is 77.0 cm³/mol. The fourth-order valence-electron chi connectivity index (χ4n) is 1.45. The van der Waals surface area contributed by atoms with Gasteiger partial charge in [0.05, 0.1) is 9.13 Å². The van der Waals surface area contributed by atoms with Gasteiger partial charge in [-0.2, -0.15) is 0 Å². The predicted octanol–water partition coefficient (Wildman–Crippen LogP) is 3.36. The van der Waals surface area contributed by atoms with Gasteiger partial charge in [0.2, 0.25) is 0 Å². The lowest BCUT2D eigenvalue weighted by molar-refractivity contribution is 0.0698. The first kappa shape index (κ1) is 12.7. The highest BCUT2D eigenvalue weighted by Crippen LogP contribution is 2.28. The van der Waals surface area contributed by atoms with E-state index in [0.29, 0.717) is 11.5 Å². The maximum atomic E-state index is 10.8. The number of para-hydroxylation sites is 1. The molecule has 0 spiro atoms. The zero-order valence-corrected chi connectivity index (χ0v) is 11.4. The Morgan fingerprint density at radius 3 is 2.56 bits per heavy atom. The highest BCUT2D eigenvalue weighted by Gasteiger charge is 2.09. The molecule has 0 radical (unpaired) electrons. The lowest BCUT2D eigenvalue weighted by atomic mass is 10.2. The molecule has 0 atom stereocenters. The van der Waals surface area contributed by atoms with Gasteiger partial charge in [-0.05, 0) is 46.9 Å². The van der Waals surface area contributed by atoms with Crippen LogP contribution in [0.4, 0.5) is 5.69 Å². The number of benzene rings is 2. The Bertz CT molecular complexity index is 599. The number of nitrogens with two attached hydrogens (primary N) is 1. The van der Waals surface area contributed by atoms with Gasteiger partial charge in [-0.25, -0.2) is 4.79 Å². The number of carboxylic acids is 1. The van der Waals surface area contributed by atoms with Gasteiger partial charge < -0.3 is 15.6 Å². The number of nitrogen functional groups attached to an aromatic ring is 1. The zero-order chi connectivity index (χ0) is 13.1. The Hall–Kier alpha value is -1.76. The van der Waals surface area contributed by atoms with Gasteiger partial charge in [-0.1, -0.05) is 12.1 Å². The zero-order valence-electron chi connectivity index (χ0n) is 9.26. The van der Waals surface area contributed by atoms with Gasteiger partial charge in [0.1, 0.15) is 11.5 Å².